The Kier molecular flexibility index (Phi) is 5.69. The van der Waals surface area contributed by atoms with Crippen LogP contribution in [0, 0.1) is 0 Å². The highest BCUT2D eigenvalue weighted by atomic mass is 35.5. The summed E-state index contributed by atoms with van der Waals surface area (Å²) in [5.41, 5.74) is 2.94. The highest BCUT2D eigenvalue weighted by molar-refractivity contribution is 6.30. The third-order valence-corrected chi connectivity index (χ3v) is 3.84. The van der Waals surface area contributed by atoms with E-state index in [0.29, 0.717) is 17.3 Å². The standard InChI is InChI=1S/C19H16ClN3O2/c20-16-6-3-14(4-7-16)2-1-11-25-19(24)17-8-5-15(12-23-17)18-13-21-9-10-22-18/h3-10,12-13H,1-2,11H2. The number of nitrogens with zero attached hydrogens (tertiary/aromatic N) is 3. The summed E-state index contributed by atoms with van der Waals surface area (Å²) in [7, 11) is 0. The van der Waals surface area contributed by atoms with Crippen molar-refractivity contribution in [3.63, 3.8) is 0 Å². The molecule has 3 aromatic rings. The number of pyridine rings is 1. The minimum Gasteiger partial charge on any atom is -0.461 e. The molecular weight excluding hydrogens is 338 g/mol. The SMILES string of the molecule is O=C(OCCCc1ccc(Cl)cc1)c1ccc(-c2cnccn2)cn1. The minimum absolute atomic E-state index is 0.277. The molecule has 25 heavy (non-hydrogen) atoms. The van der Waals surface area contributed by atoms with Crippen LogP contribution in [-0.2, 0) is 11.2 Å². The number of carbonyl (C=O) groups excluding carboxylic acids is 1. The Labute approximate surface area is 150 Å². The van der Waals surface area contributed by atoms with Gasteiger partial charge in [0.1, 0.15) is 5.69 Å². The van der Waals surface area contributed by atoms with Gasteiger partial charge in [0, 0.05) is 29.2 Å². The second kappa shape index (κ2) is 8.35. The van der Waals surface area contributed by atoms with Gasteiger partial charge in [0.2, 0.25) is 0 Å². The van der Waals surface area contributed by atoms with Crippen LogP contribution in [0.2, 0.25) is 5.02 Å². The van der Waals surface area contributed by atoms with Gasteiger partial charge in [-0.2, -0.15) is 0 Å². The summed E-state index contributed by atoms with van der Waals surface area (Å²) in [6, 6.07) is 11.1. The number of aromatic nitrogens is 3. The van der Waals surface area contributed by atoms with Crippen molar-refractivity contribution < 1.29 is 9.53 Å². The van der Waals surface area contributed by atoms with Gasteiger partial charge in [-0.3, -0.25) is 9.97 Å². The monoisotopic (exact) mass is 353 g/mol. The molecule has 6 heteroatoms. The predicted molar refractivity (Wildman–Crippen MR) is 95.3 cm³/mol. The zero-order valence-electron chi connectivity index (χ0n) is 13.4. The average molecular weight is 354 g/mol. The molecule has 0 aliphatic heterocycles. The number of hydrogen-bond acceptors (Lipinski definition) is 5. The zero-order valence-corrected chi connectivity index (χ0v) is 14.2. The largest absolute Gasteiger partial charge is 0.461 e. The maximum atomic E-state index is 12.0. The van der Waals surface area contributed by atoms with E-state index in [1.807, 2.05) is 24.3 Å². The molecule has 2 heterocycles. The fourth-order valence-electron chi connectivity index (χ4n) is 2.28. The van der Waals surface area contributed by atoms with Crippen molar-refractivity contribution in [3.8, 4) is 11.3 Å². The number of aryl methyl sites for hydroxylation is 1. The van der Waals surface area contributed by atoms with E-state index in [-0.39, 0.29) is 5.69 Å². The van der Waals surface area contributed by atoms with Crippen LogP contribution in [0.3, 0.4) is 0 Å². The van der Waals surface area contributed by atoms with Crippen molar-refractivity contribution in [1.29, 1.82) is 0 Å². The fourth-order valence-corrected chi connectivity index (χ4v) is 2.41. The number of rotatable bonds is 6. The normalized spacial score (nSPS) is 10.4. The molecule has 126 valence electrons. The Morgan fingerprint density at radius 1 is 1.00 bits per heavy atom. The summed E-state index contributed by atoms with van der Waals surface area (Å²) >= 11 is 5.85. The predicted octanol–water partition coefficient (Wildman–Crippen LogP) is 3.98. The van der Waals surface area contributed by atoms with Gasteiger partial charge >= 0.3 is 5.97 Å². The molecule has 0 aliphatic carbocycles. The summed E-state index contributed by atoms with van der Waals surface area (Å²) in [5.74, 6) is -0.429. The average Bonchev–Trinajstić information content (AvgIpc) is 2.67. The van der Waals surface area contributed by atoms with Gasteiger partial charge in [-0.15, -0.1) is 0 Å². The van der Waals surface area contributed by atoms with Gasteiger partial charge < -0.3 is 4.74 Å². The number of halogens is 1. The van der Waals surface area contributed by atoms with Gasteiger partial charge in [0.05, 0.1) is 18.5 Å². The van der Waals surface area contributed by atoms with E-state index in [0.717, 1.165) is 24.0 Å². The second-order valence-electron chi connectivity index (χ2n) is 5.39. The van der Waals surface area contributed by atoms with E-state index < -0.39 is 5.97 Å². The van der Waals surface area contributed by atoms with E-state index in [1.54, 1.807) is 36.9 Å². The summed E-state index contributed by atoms with van der Waals surface area (Å²) in [6.07, 6.45) is 8.01. The van der Waals surface area contributed by atoms with E-state index in [1.165, 1.54) is 0 Å². The van der Waals surface area contributed by atoms with Crippen molar-refractivity contribution in [2.45, 2.75) is 12.8 Å². The van der Waals surface area contributed by atoms with E-state index in [4.69, 9.17) is 16.3 Å². The Balaban J connectivity index is 1.49. The molecule has 0 aliphatic rings. The lowest BCUT2D eigenvalue weighted by atomic mass is 10.1. The van der Waals surface area contributed by atoms with Crippen molar-refractivity contribution >= 4 is 17.6 Å². The first kappa shape index (κ1) is 17.0. The smallest absolute Gasteiger partial charge is 0.356 e. The van der Waals surface area contributed by atoms with Crippen LogP contribution < -0.4 is 0 Å². The number of hydrogen-bond donors (Lipinski definition) is 0. The number of esters is 1. The molecule has 0 radical (unpaired) electrons. The molecule has 0 fully saturated rings. The van der Waals surface area contributed by atoms with Crippen LogP contribution >= 0.6 is 11.6 Å². The van der Waals surface area contributed by atoms with Crippen LogP contribution in [0.4, 0.5) is 0 Å². The molecule has 0 amide bonds. The Morgan fingerprint density at radius 3 is 2.52 bits per heavy atom. The lowest BCUT2D eigenvalue weighted by Gasteiger charge is -2.05. The van der Waals surface area contributed by atoms with E-state index in [2.05, 4.69) is 15.0 Å². The topological polar surface area (TPSA) is 65.0 Å². The molecule has 3 rings (SSSR count). The van der Waals surface area contributed by atoms with Gasteiger partial charge in [0.15, 0.2) is 0 Å². The quantitative estimate of drug-likeness (QED) is 0.495. The third-order valence-electron chi connectivity index (χ3n) is 3.59. The summed E-state index contributed by atoms with van der Waals surface area (Å²) < 4.78 is 5.26. The van der Waals surface area contributed by atoms with Crippen LogP contribution in [0.1, 0.15) is 22.5 Å². The third kappa shape index (κ3) is 4.84. The summed E-state index contributed by atoms with van der Waals surface area (Å²) in [5, 5.41) is 0.714. The lowest BCUT2D eigenvalue weighted by molar-refractivity contribution is 0.0494. The molecule has 0 saturated heterocycles. The van der Waals surface area contributed by atoms with Crippen molar-refractivity contribution in [3.05, 3.63) is 77.5 Å². The van der Waals surface area contributed by atoms with Crippen molar-refractivity contribution in [1.82, 2.24) is 15.0 Å². The number of carbonyl (C=O) groups is 1. The Bertz CT molecular complexity index is 822. The van der Waals surface area contributed by atoms with Crippen molar-refractivity contribution in [2.75, 3.05) is 6.61 Å². The van der Waals surface area contributed by atoms with Crippen molar-refractivity contribution in [2.24, 2.45) is 0 Å². The highest BCUT2D eigenvalue weighted by Crippen LogP contribution is 2.15. The lowest BCUT2D eigenvalue weighted by Crippen LogP contribution is -2.09. The van der Waals surface area contributed by atoms with Crippen LogP contribution in [0.15, 0.2) is 61.2 Å². The Morgan fingerprint density at radius 2 is 1.84 bits per heavy atom. The maximum Gasteiger partial charge on any atom is 0.356 e. The molecule has 0 spiro atoms. The minimum atomic E-state index is -0.429. The molecule has 1 aromatic carbocycles. The van der Waals surface area contributed by atoms with Gasteiger partial charge in [-0.05, 0) is 42.7 Å². The van der Waals surface area contributed by atoms with Crippen LogP contribution in [-0.4, -0.2) is 27.5 Å². The molecule has 2 aromatic heterocycles. The number of ether oxygens (including phenoxy) is 1. The summed E-state index contributed by atoms with van der Waals surface area (Å²) in [4.78, 5) is 24.4. The zero-order chi connectivity index (χ0) is 17.5. The maximum absolute atomic E-state index is 12.0. The van der Waals surface area contributed by atoms with Gasteiger partial charge in [-0.25, -0.2) is 9.78 Å². The number of benzene rings is 1. The first-order chi connectivity index (χ1) is 12.2. The van der Waals surface area contributed by atoms with Gasteiger partial charge in [0.25, 0.3) is 0 Å². The van der Waals surface area contributed by atoms with E-state index in [9.17, 15) is 4.79 Å². The van der Waals surface area contributed by atoms with Gasteiger partial charge in [-0.1, -0.05) is 23.7 Å². The molecule has 0 saturated carbocycles. The highest BCUT2D eigenvalue weighted by Gasteiger charge is 2.09. The molecular formula is C19H16ClN3O2. The molecule has 5 nitrogen and oxygen atoms in total. The van der Waals surface area contributed by atoms with Crippen LogP contribution in [0.5, 0.6) is 0 Å². The Hall–Kier alpha value is -2.79. The molecule has 0 unspecified atom stereocenters. The second-order valence-corrected chi connectivity index (χ2v) is 5.83. The first-order valence-electron chi connectivity index (χ1n) is 7.86. The molecule has 0 bridgehead atoms. The first-order valence-corrected chi connectivity index (χ1v) is 8.24. The fraction of sp³-hybridized carbons (Fsp3) is 0.158. The van der Waals surface area contributed by atoms with E-state index >= 15 is 0 Å². The summed E-state index contributed by atoms with van der Waals surface area (Å²) in [6.45, 7) is 0.342. The molecule has 0 atom stereocenters. The van der Waals surface area contributed by atoms with Crippen LogP contribution in [0.25, 0.3) is 11.3 Å². The molecule has 0 N–H and O–H groups in total.